The second-order valence-electron chi connectivity index (χ2n) is 4.44. The Kier molecular flexibility index (Phi) is 6.24. The first kappa shape index (κ1) is 15.4. The number of ether oxygens (including phenoxy) is 1. The van der Waals surface area contributed by atoms with Crippen LogP contribution in [0.3, 0.4) is 0 Å². The van der Waals surface area contributed by atoms with E-state index in [1.807, 2.05) is 13.1 Å². The van der Waals surface area contributed by atoms with Crippen molar-refractivity contribution >= 4 is 11.4 Å². The Morgan fingerprint density at radius 2 is 2.21 bits per heavy atom. The highest BCUT2D eigenvalue weighted by Crippen LogP contribution is 2.25. The summed E-state index contributed by atoms with van der Waals surface area (Å²) in [4.78, 5) is 12.7. The molecule has 0 atom stereocenters. The number of benzene rings is 1. The molecular weight excluding hydrogens is 246 g/mol. The van der Waals surface area contributed by atoms with Crippen molar-refractivity contribution in [2.75, 3.05) is 39.7 Å². The van der Waals surface area contributed by atoms with Crippen LogP contribution in [0, 0.1) is 10.1 Å². The molecule has 1 N–H and O–H groups in total. The number of nitrogens with zero attached hydrogens (tertiary/aromatic N) is 2. The Bertz CT molecular complexity index is 424. The lowest BCUT2D eigenvalue weighted by molar-refractivity contribution is -0.384. The predicted molar refractivity (Wildman–Crippen MR) is 75.5 cm³/mol. The highest BCUT2D eigenvalue weighted by atomic mass is 16.6. The van der Waals surface area contributed by atoms with Crippen LogP contribution in [0.2, 0.25) is 0 Å². The third-order valence-corrected chi connectivity index (χ3v) is 2.87. The van der Waals surface area contributed by atoms with Crippen molar-refractivity contribution in [1.82, 2.24) is 4.90 Å². The second kappa shape index (κ2) is 7.70. The van der Waals surface area contributed by atoms with Crippen LogP contribution in [0.25, 0.3) is 0 Å². The van der Waals surface area contributed by atoms with E-state index < -0.39 is 0 Å². The molecule has 19 heavy (non-hydrogen) atoms. The highest BCUT2D eigenvalue weighted by molar-refractivity contribution is 5.62. The molecule has 1 aromatic carbocycles. The standard InChI is InChI=1S/C13H21N3O3/c1-14-12-6-5-11(9-13(12)16(17)18)10-15(2)7-4-8-19-3/h5-6,9,14H,4,7-8,10H2,1-3H3. The molecule has 6 heteroatoms. The summed E-state index contributed by atoms with van der Waals surface area (Å²) in [5.41, 5.74) is 1.59. The zero-order chi connectivity index (χ0) is 14.3. The zero-order valence-corrected chi connectivity index (χ0v) is 11.7. The maximum absolute atomic E-state index is 11.0. The summed E-state index contributed by atoms with van der Waals surface area (Å²) in [6.45, 7) is 2.31. The van der Waals surface area contributed by atoms with Crippen molar-refractivity contribution in [2.24, 2.45) is 0 Å². The van der Waals surface area contributed by atoms with E-state index in [1.54, 1.807) is 26.3 Å². The molecule has 106 valence electrons. The molecule has 0 aliphatic carbocycles. The Balaban J connectivity index is 2.68. The van der Waals surface area contributed by atoms with Crippen molar-refractivity contribution < 1.29 is 9.66 Å². The van der Waals surface area contributed by atoms with Gasteiger partial charge in [0.2, 0.25) is 0 Å². The van der Waals surface area contributed by atoms with E-state index in [0.717, 1.165) is 25.1 Å². The average molecular weight is 267 g/mol. The lowest BCUT2D eigenvalue weighted by Crippen LogP contribution is -2.20. The van der Waals surface area contributed by atoms with Crippen LogP contribution in [0.1, 0.15) is 12.0 Å². The molecule has 0 radical (unpaired) electrons. The van der Waals surface area contributed by atoms with Crippen LogP contribution in [0.5, 0.6) is 0 Å². The minimum atomic E-state index is -0.361. The number of nitrogens with one attached hydrogen (secondary N) is 1. The number of hydrogen-bond donors (Lipinski definition) is 1. The number of nitro benzene ring substituents is 1. The maximum atomic E-state index is 11.0. The lowest BCUT2D eigenvalue weighted by atomic mass is 10.1. The van der Waals surface area contributed by atoms with Gasteiger partial charge in [-0.3, -0.25) is 10.1 Å². The number of hydrogen-bond acceptors (Lipinski definition) is 5. The summed E-state index contributed by atoms with van der Waals surface area (Å²) in [5, 5.41) is 13.8. The fraction of sp³-hybridized carbons (Fsp3) is 0.538. The van der Waals surface area contributed by atoms with Crippen molar-refractivity contribution in [3.63, 3.8) is 0 Å². The largest absolute Gasteiger partial charge is 0.385 e. The molecule has 0 bridgehead atoms. The maximum Gasteiger partial charge on any atom is 0.292 e. The smallest absolute Gasteiger partial charge is 0.292 e. The van der Waals surface area contributed by atoms with E-state index in [-0.39, 0.29) is 10.6 Å². The Morgan fingerprint density at radius 3 is 2.79 bits per heavy atom. The summed E-state index contributed by atoms with van der Waals surface area (Å²) in [6.07, 6.45) is 0.948. The fourth-order valence-corrected chi connectivity index (χ4v) is 1.91. The second-order valence-corrected chi connectivity index (χ2v) is 4.44. The van der Waals surface area contributed by atoms with Crippen molar-refractivity contribution in [3.05, 3.63) is 33.9 Å². The Labute approximate surface area is 113 Å². The van der Waals surface area contributed by atoms with Gasteiger partial charge in [0.05, 0.1) is 4.92 Å². The van der Waals surface area contributed by atoms with Gasteiger partial charge in [-0.15, -0.1) is 0 Å². The minimum Gasteiger partial charge on any atom is -0.385 e. The van der Waals surface area contributed by atoms with Gasteiger partial charge in [0.1, 0.15) is 5.69 Å². The number of anilines is 1. The van der Waals surface area contributed by atoms with Crippen LogP contribution in [-0.4, -0.2) is 44.2 Å². The molecule has 0 saturated carbocycles. The van der Waals surface area contributed by atoms with Crippen molar-refractivity contribution in [2.45, 2.75) is 13.0 Å². The molecule has 0 unspecified atom stereocenters. The van der Waals surface area contributed by atoms with Crippen molar-refractivity contribution in [1.29, 1.82) is 0 Å². The highest BCUT2D eigenvalue weighted by Gasteiger charge is 2.13. The lowest BCUT2D eigenvalue weighted by Gasteiger charge is -2.16. The first-order valence-electron chi connectivity index (χ1n) is 6.21. The third kappa shape index (κ3) is 4.84. The SMILES string of the molecule is CNc1ccc(CN(C)CCCOC)cc1[N+](=O)[O-]. The molecule has 0 saturated heterocycles. The third-order valence-electron chi connectivity index (χ3n) is 2.87. The zero-order valence-electron chi connectivity index (χ0n) is 11.7. The van der Waals surface area contributed by atoms with Gasteiger partial charge in [0, 0.05) is 39.9 Å². The summed E-state index contributed by atoms with van der Waals surface area (Å²) in [5.74, 6) is 0. The van der Waals surface area contributed by atoms with Crippen molar-refractivity contribution in [3.8, 4) is 0 Å². The van der Waals surface area contributed by atoms with Gasteiger partial charge in [-0.1, -0.05) is 6.07 Å². The van der Waals surface area contributed by atoms with Gasteiger partial charge >= 0.3 is 0 Å². The fourth-order valence-electron chi connectivity index (χ4n) is 1.91. The number of rotatable bonds is 8. The molecule has 0 aliphatic rings. The van der Waals surface area contributed by atoms with E-state index in [2.05, 4.69) is 10.2 Å². The van der Waals surface area contributed by atoms with Gasteiger partial charge in [0.25, 0.3) is 5.69 Å². The van der Waals surface area contributed by atoms with E-state index in [1.165, 1.54) is 0 Å². The van der Waals surface area contributed by atoms with E-state index in [0.29, 0.717) is 12.2 Å². The van der Waals surface area contributed by atoms with Crippen LogP contribution in [-0.2, 0) is 11.3 Å². The molecule has 0 aliphatic heterocycles. The minimum absolute atomic E-state index is 0.116. The number of nitro groups is 1. The van der Waals surface area contributed by atoms with E-state index in [9.17, 15) is 10.1 Å². The quantitative estimate of drug-likeness (QED) is 0.444. The molecule has 0 fully saturated rings. The monoisotopic (exact) mass is 267 g/mol. The van der Waals surface area contributed by atoms with Gasteiger partial charge in [0.15, 0.2) is 0 Å². The van der Waals surface area contributed by atoms with Gasteiger partial charge in [-0.05, 0) is 25.1 Å². The van der Waals surface area contributed by atoms with Gasteiger partial charge in [-0.2, -0.15) is 0 Å². The summed E-state index contributed by atoms with van der Waals surface area (Å²) in [7, 11) is 5.35. The molecule has 0 heterocycles. The summed E-state index contributed by atoms with van der Waals surface area (Å²) < 4.78 is 5.00. The van der Waals surface area contributed by atoms with Crippen LogP contribution >= 0.6 is 0 Å². The number of methoxy groups -OCH3 is 1. The predicted octanol–water partition coefficient (Wildman–Crippen LogP) is 2.10. The van der Waals surface area contributed by atoms with E-state index in [4.69, 9.17) is 4.74 Å². The normalized spacial score (nSPS) is 10.7. The first-order chi connectivity index (χ1) is 9.08. The molecule has 0 spiro atoms. The Hall–Kier alpha value is -1.66. The van der Waals surface area contributed by atoms with Gasteiger partial charge < -0.3 is 15.0 Å². The Morgan fingerprint density at radius 1 is 1.47 bits per heavy atom. The summed E-state index contributed by atoms with van der Waals surface area (Å²) in [6, 6.07) is 5.28. The first-order valence-corrected chi connectivity index (χ1v) is 6.21. The van der Waals surface area contributed by atoms with Crippen LogP contribution in [0.4, 0.5) is 11.4 Å². The van der Waals surface area contributed by atoms with Crippen LogP contribution < -0.4 is 5.32 Å². The molecule has 1 aromatic rings. The molecular formula is C13H21N3O3. The van der Waals surface area contributed by atoms with Crippen LogP contribution in [0.15, 0.2) is 18.2 Å². The molecule has 0 amide bonds. The average Bonchev–Trinajstić information content (AvgIpc) is 2.39. The summed E-state index contributed by atoms with van der Waals surface area (Å²) >= 11 is 0. The van der Waals surface area contributed by atoms with E-state index >= 15 is 0 Å². The molecule has 6 nitrogen and oxygen atoms in total. The van der Waals surface area contributed by atoms with Gasteiger partial charge in [-0.25, -0.2) is 0 Å². The molecule has 1 rings (SSSR count). The molecule has 0 aromatic heterocycles. The topological polar surface area (TPSA) is 67.6 Å².